The van der Waals surface area contributed by atoms with Crippen LogP contribution in [0.3, 0.4) is 0 Å². The van der Waals surface area contributed by atoms with E-state index in [-0.39, 0.29) is 17.3 Å². The van der Waals surface area contributed by atoms with Crippen LogP contribution >= 0.6 is 11.3 Å². The lowest BCUT2D eigenvalue weighted by Gasteiger charge is -2.39. The van der Waals surface area contributed by atoms with Crippen molar-refractivity contribution < 1.29 is 0 Å². The molecule has 7 aromatic rings. The van der Waals surface area contributed by atoms with Gasteiger partial charge in [-0.2, -0.15) is 0 Å². The Morgan fingerprint density at radius 1 is 0.630 bits per heavy atom. The van der Waals surface area contributed by atoms with E-state index in [1.54, 1.807) is 0 Å². The maximum atomic E-state index is 2.66. The summed E-state index contributed by atoms with van der Waals surface area (Å²) in [6.07, 6.45) is 14.2. The molecule has 2 unspecified atom stereocenters. The minimum Gasteiger partial charge on any atom is -0.135 e. The molecule has 258 valence electrons. The topological polar surface area (TPSA) is 0 Å². The van der Waals surface area contributed by atoms with Crippen LogP contribution in [0.1, 0.15) is 71.6 Å². The molecule has 1 heteroatoms. The number of fused-ring (bicyclic) bond motifs is 8. The molecule has 0 bridgehead atoms. The van der Waals surface area contributed by atoms with E-state index >= 15 is 0 Å². The Kier molecular flexibility index (Phi) is 7.13. The van der Waals surface area contributed by atoms with E-state index in [4.69, 9.17) is 0 Å². The minimum atomic E-state index is -0.0598. The van der Waals surface area contributed by atoms with E-state index in [1.165, 1.54) is 98.1 Å². The van der Waals surface area contributed by atoms with Gasteiger partial charge in [0.05, 0.1) is 0 Å². The quantitative estimate of drug-likeness (QED) is 0.171. The highest BCUT2D eigenvalue weighted by molar-refractivity contribution is 7.26. The van der Waals surface area contributed by atoms with Gasteiger partial charge in [0, 0.05) is 37.4 Å². The first-order valence-electron chi connectivity index (χ1n) is 19.4. The Morgan fingerprint density at radius 2 is 1.33 bits per heavy atom. The molecule has 4 aliphatic carbocycles. The Balaban J connectivity index is 1.09. The normalized spacial score (nSPS) is 19.5. The Labute approximate surface area is 321 Å². The molecule has 0 fully saturated rings. The largest absolute Gasteiger partial charge is 0.135 e. The van der Waals surface area contributed by atoms with Crippen molar-refractivity contribution in [1.29, 1.82) is 0 Å². The van der Waals surface area contributed by atoms with Gasteiger partial charge >= 0.3 is 0 Å². The summed E-state index contributed by atoms with van der Waals surface area (Å²) in [5, 5.41) is 2.68. The molecule has 2 atom stereocenters. The number of thiophene rings is 1. The van der Waals surface area contributed by atoms with E-state index in [9.17, 15) is 0 Å². The molecule has 0 aliphatic heterocycles. The average Bonchev–Trinajstić information content (AvgIpc) is 3.72. The second-order valence-electron chi connectivity index (χ2n) is 15.9. The van der Waals surface area contributed by atoms with Crippen molar-refractivity contribution in [3.63, 3.8) is 0 Å². The van der Waals surface area contributed by atoms with Crippen molar-refractivity contribution >= 4 is 48.2 Å². The molecule has 0 saturated heterocycles. The lowest BCUT2D eigenvalue weighted by Crippen LogP contribution is -2.26. The zero-order valence-corrected chi connectivity index (χ0v) is 31.5. The van der Waals surface area contributed by atoms with Gasteiger partial charge in [0.1, 0.15) is 0 Å². The van der Waals surface area contributed by atoms with Gasteiger partial charge in [-0.05, 0) is 103 Å². The summed E-state index contributed by atoms with van der Waals surface area (Å²) < 4.78 is 2.70. The summed E-state index contributed by atoms with van der Waals surface area (Å²) in [4.78, 5) is 0. The third-order valence-corrected chi connectivity index (χ3v) is 13.8. The highest BCUT2D eigenvalue weighted by atomic mass is 32.1. The first kappa shape index (κ1) is 31.7. The van der Waals surface area contributed by atoms with Crippen LogP contribution in [0.4, 0.5) is 0 Å². The van der Waals surface area contributed by atoms with Crippen molar-refractivity contribution in [2.75, 3.05) is 0 Å². The van der Waals surface area contributed by atoms with E-state index in [0.29, 0.717) is 0 Å². The van der Waals surface area contributed by atoms with E-state index in [1.807, 2.05) is 11.3 Å². The van der Waals surface area contributed by atoms with Gasteiger partial charge in [-0.1, -0.05) is 172 Å². The number of hydrogen-bond donors (Lipinski definition) is 0. The molecule has 0 saturated carbocycles. The molecule has 1 aromatic heterocycles. The van der Waals surface area contributed by atoms with Crippen LogP contribution in [-0.2, 0) is 5.41 Å². The SMILES string of the molecule is CC1(C)C2=CC3C(=C(c4ccc(-c5cccc6c5sc5ccccc56)cc4)c4ccccc4C3c3ccc(C4=CC=CCC4)cc3)C=C2c2ccccc21. The predicted octanol–water partition coefficient (Wildman–Crippen LogP) is 14.3. The van der Waals surface area contributed by atoms with Gasteiger partial charge in [-0.25, -0.2) is 0 Å². The molecule has 0 nitrogen and oxygen atoms in total. The molecule has 1 heterocycles. The predicted molar refractivity (Wildman–Crippen MR) is 231 cm³/mol. The van der Waals surface area contributed by atoms with Crippen LogP contribution in [0.15, 0.2) is 181 Å². The van der Waals surface area contributed by atoms with E-state index < -0.39 is 0 Å². The van der Waals surface area contributed by atoms with Crippen LogP contribution in [0.5, 0.6) is 0 Å². The highest BCUT2D eigenvalue weighted by Gasteiger charge is 2.44. The second kappa shape index (κ2) is 12.1. The molecule has 0 amide bonds. The molecule has 4 aliphatic rings. The fourth-order valence-electron chi connectivity index (χ4n) is 9.97. The number of benzene rings is 6. The summed E-state index contributed by atoms with van der Waals surface area (Å²) in [5.41, 5.74) is 19.1. The molecule has 54 heavy (non-hydrogen) atoms. The summed E-state index contributed by atoms with van der Waals surface area (Å²) in [6, 6.07) is 52.9. The van der Waals surface area contributed by atoms with Crippen LogP contribution < -0.4 is 0 Å². The lowest BCUT2D eigenvalue weighted by molar-refractivity contribution is 0.610. The zero-order chi connectivity index (χ0) is 36.0. The van der Waals surface area contributed by atoms with Crippen molar-refractivity contribution in [2.24, 2.45) is 5.92 Å². The first-order valence-corrected chi connectivity index (χ1v) is 20.2. The summed E-state index contributed by atoms with van der Waals surface area (Å²) in [5.74, 6) is 0.417. The number of rotatable bonds is 4. The average molecular weight is 709 g/mol. The fourth-order valence-corrected chi connectivity index (χ4v) is 11.2. The second-order valence-corrected chi connectivity index (χ2v) is 16.9. The standard InChI is InChI=1S/C53H40S/c1-53(2)47-21-10-8-15-39(47)44-31-45-46(32-48(44)53)51(36-27-23-34(24-28-36)33-13-4-3-5-14-33)42-18-7-6-17-41(42)50(45)37-29-25-35(26-30-37)38-19-12-20-43-40-16-9-11-22-49(40)54-52(38)43/h3-4,6-13,15-32,46,51H,5,14H2,1-2H3. The van der Waals surface area contributed by atoms with Crippen molar-refractivity contribution in [1.82, 2.24) is 0 Å². The Hall–Kier alpha value is -5.76. The van der Waals surface area contributed by atoms with Gasteiger partial charge in [-0.3, -0.25) is 0 Å². The van der Waals surface area contributed by atoms with Crippen molar-refractivity contribution in [3.05, 3.63) is 220 Å². The van der Waals surface area contributed by atoms with Gasteiger partial charge in [-0.15, -0.1) is 11.3 Å². The summed E-state index contributed by atoms with van der Waals surface area (Å²) in [6.45, 7) is 4.83. The van der Waals surface area contributed by atoms with E-state index in [2.05, 4.69) is 184 Å². The zero-order valence-electron chi connectivity index (χ0n) is 30.6. The molecule has 0 N–H and O–H groups in total. The maximum Gasteiger partial charge on any atom is 0.0433 e. The first-order chi connectivity index (χ1) is 26.5. The van der Waals surface area contributed by atoms with Crippen LogP contribution in [0.25, 0.3) is 48.0 Å². The maximum absolute atomic E-state index is 2.66. The van der Waals surface area contributed by atoms with Gasteiger partial charge < -0.3 is 0 Å². The summed E-state index contributed by atoms with van der Waals surface area (Å²) >= 11 is 1.90. The Bertz CT molecular complexity index is 2830. The van der Waals surface area contributed by atoms with Crippen molar-refractivity contribution in [3.8, 4) is 11.1 Å². The monoisotopic (exact) mass is 708 g/mol. The third-order valence-electron chi connectivity index (χ3n) is 12.6. The number of hydrogen-bond acceptors (Lipinski definition) is 1. The van der Waals surface area contributed by atoms with Crippen LogP contribution in [0, 0.1) is 5.92 Å². The minimum absolute atomic E-state index is 0.0598. The molecule has 0 radical (unpaired) electrons. The highest BCUT2D eigenvalue weighted by Crippen LogP contribution is 2.58. The van der Waals surface area contributed by atoms with Gasteiger partial charge in [0.15, 0.2) is 0 Å². The summed E-state index contributed by atoms with van der Waals surface area (Å²) in [7, 11) is 0. The smallest absolute Gasteiger partial charge is 0.0433 e. The van der Waals surface area contributed by atoms with Crippen LogP contribution in [0.2, 0.25) is 0 Å². The van der Waals surface area contributed by atoms with Crippen molar-refractivity contribution in [2.45, 2.75) is 38.0 Å². The fraction of sp³-hybridized carbons (Fsp3) is 0.132. The molecule has 11 rings (SSSR count). The van der Waals surface area contributed by atoms with Gasteiger partial charge in [0.25, 0.3) is 0 Å². The molecule has 0 spiro atoms. The van der Waals surface area contributed by atoms with Gasteiger partial charge in [0.2, 0.25) is 0 Å². The van der Waals surface area contributed by atoms with E-state index in [0.717, 1.165) is 12.8 Å². The lowest BCUT2D eigenvalue weighted by atomic mass is 9.64. The third kappa shape index (κ3) is 4.74. The molecule has 6 aromatic carbocycles. The molecular formula is C53H40S. The Morgan fingerprint density at radius 3 is 2.17 bits per heavy atom. The number of allylic oxidation sites excluding steroid dienone is 9. The van der Waals surface area contributed by atoms with Crippen LogP contribution in [-0.4, -0.2) is 0 Å². The molecular weight excluding hydrogens is 669 g/mol.